The Hall–Kier alpha value is -2.93. The van der Waals surface area contributed by atoms with E-state index in [0.717, 1.165) is 11.3 Å². The number of hydrogen-bond donors (Lipinski definition) is 0. The van der Waals surface area contributed by atoms with Crippen LogP contribution in [0.2, 0.25) is 0 Å². The Morgan fingerprint density at radius 1 is 0.640 bits per heavy atom. The number of hydrogen-bond acceptors (Lipinski definition) is 1. The van der Waals surface area contributed by atoms with Crippen molar-refractivity contribution >= 4 is 10.8 Å². The molecule has 0 spiro atoms. The van der Waals surface area contributed by atoms with Crippen LogP contribution in [-0.4, -0.2) is 4.98 Å². The third kappa shape index (κ3) is 2.94. The summed E-state index contributed by atoms with van der Waals surface area (Å²) in [5, 5.41) is 2.50. The smallest absolute Gasteiger partial charge is 0.0708 e. The highest BCUT2D eigenvalue weighted by Gasteiger charge is 2.09. The van der Waals surface area contributed by atoms with Crippen LogP contribution in [0.15, 0.2) is 72.9 Å². The summed E-state index contributed by atoms with van der Waals surface area (Å²) < 4.78 is 0. The van der Waals surface area contributed by atoms with Crippen LogP contribution in [0.25, 0.3) is 33.2 Å². The van der Waals surface area contributed by atoms with Crippen molar-refractivity contribution in [2.45, 2.75) is 20.8 Å². The minimum absolute atomic E-state index is 1.02. The van der Waals surface area contributed by atoms with E-state index < -0.39 is 0 Å². The lowest BCUT2D eigenvalue weighted by molar-refractivity contribution is 1.26. The van der Waals surface area contributed by atoms with E-state index in [2.05, 4.69) is 92.5 Å². The van der Waals surface area contributed by atoms with Crippen molar-refractivity contribution in [2.75, 3.05) is 0 Å². The zero-order valence-electron chi connectivity index (χ0n) is 14.9. The molecule has 0 aliphatic heterocycles. The maximum absolute atomic E-state index is 4.69. The lowest BCUT2D eigenvalue weighted by Crippen LogP contribution is -1.92. The fourth-order valence-electron chi connectivity index (χ4n) is 3.44. The van der Waals surface area contributed by atoms with E-state index in [-0.39, 0.29) is 0 Å². The van der Waals surface area contributed by atoms with Crippen LogP contribution in [0.5, 0.6) is 0 Å². The average Bonchev–Trinajstić information content (AvgIpc) is 2.62. The highest BCUT2D eigenvalue weighted by atomic mass is 14.7. The third-order valence-electron chi connectivity index (χ3n) is 4.82. The maximum atomic E-state index is 4.69. The molecule has 0 aliphatic carbocycles. The lowest BCUT2D eigenvalue weighted by Gasteiger charge is -2.12. The summed E-state index contributed by atoms with van der Waals surface area (Å²) in [6, 6.07) is 23.9. The lowest BCUT2D eigenvalue weighted by atomic mass is 9.94. The number of aryl methyl sites for hydroxylation is 3. The molecular weight excluding hydrogens is 302 g/mol. The van der Waals surface area contributed by atoms with Crippen molar-refractivity contribution in [1.29, 1.82) is 0 Å². The van der Waals surface area contributed by atoms with Gasteiger partial charge in [-0.2, -0.15) is 0 Å². The summed E-state index contributed by atoms with van der Waals surface area (Å²) in [7, 11) is 0. The minimum atomic E-state index is 1.02. The molecule has 4 aromatic rings. The van der Waals surface area contributed by atoms with E-state index in [1.165, 1.54) is 38.6 Å². The molecule has 1 heterocycles. The Bertz CT molecular complexity index is 1080. The minimum Gasteiger partial charge on any atom is -0.256 e. The van der Waals surface area contributed by atoms with Crippen LogP contribution in [-0.2, 0) is 0 Å². The van der Waals surface area contributed by atoms with Gasteiger partial charge < -0.3 is 0 Å². The molecule has 0 amide bonds. The van der Waals surface area contributed by atoms with Gasteiger partial charge in [0.25, 0.3) is 0 Å². The fraction of sp³-hybridized carbons (Fsp3) is 0.125. The van der Waals surface area contributed by atoms with Crippen LogP contribution in [0, 0.1) is 20.8 Å². The first-order chi connectivity index (χ1) is 12.1. The second kappa shape index (κ2) is 6.18. The Morgan fingerprint density at radius 2 is 1.44 bits per heavy atom. The van der Waals surface area contributed by atoms with Crippen LogP contribution in [0.1, 0.15) is 16.7 Å². The van der Waals surface area contributed by atoms with E-state index in [4.69, 9.17) is 0 Å². The second-order valence-electron chi connectivity index (χ2n) is 6.76. The van der Waals surface area contributed by atoms with Crippen LogP contribution in [0.4, 0.5) is 0 Å². The molecule has 0 unspecified atom stereocenters. The Labute approximate surface area is 149 Å². The monoisotopic (exact) mass is 323 g/mol. The second-order valence-corrected chi connectivity index (χ2v) is 6.76. The summed E-state index contributed by atoms with van der Waals surface area (Å²) in [4.78, 5) is 4.69. The molecule has 0 saturated carbocycles. The summed E-state index contributed by atoms with van der Waals surface area (Å²) in [6.45, 7) is 6.44. The molecular formula is C24H21N. The molecule has 0 N–H and O–H groups in total. The number of nitrogens with zero attached hydrogens (tertiary/aromatic N) is 1. The molecule has 0 fully saturated rings. The van der Waals surface area contributed by atoms with Crippen molar-refractivity contribution in [2.24, 2.45) is 0 Å². The maximum Gasteiger partial charge on any atom is 0.0708 e. The summed E-state index contributed by atoms with van der Waals surface area (Å²) in [5.74, 6) is 0. The van der Waals surface area contributed by atoms with Crippen LogP contribution >= 0.6 is 0 Å². The van der Waals surface area contributed by atoms with Crippen LogP contribution in [0.3, 0.4) is 0 Å². The van der Waals surface area contributed by atoms with Gasteiger partial charge in [-0.15, -0.1) is 0 Å². The normalized spacial score (nSPS) is 11.0. The quantitative estimate of drug-likeness (QED) is 0.410. The first kappa shape index (κ1) is 15.6. The first-order valence-electron chi connectivity index (χ1n) is 8.65. The van der Waals surface area contributed by atoms with Gasteiger partial charge in [-0.3, -0.25) is 4.98 Å². The summed E-state index contributed by atoms with van der Waals surface area (Å²) in [5.41, 5.74) is 8.53. The van der Waals surface area contributed by atoms with Gasteiger partial charge in [0.1, 0.15) is 0 Å². The van der Waals surface area contributed by atoms with Crippen molar-refractivity contribution in [3.8, 4) is 22.4 Å². The standard InChI is InChI=1S/C24H21N/c1-16-8-11-22(17(2)12-16)23-14-24(25-15-18(23)3)21-10-9-19-6-4-5-7-20(19)13-21/h4-15H,1-3H3. The molecule has 0 atom stereocenters. The van der Waals surface area contributed by atoms with Gasteiger partial charge in [0.2, 0.25) is 0 Å². The molecule has 122 valence electrons. The van der Waals surface area contributed by atoms with E-state index in [1.807, 2.05) is 6.20 Å². The molecule has 0 aliphatic rings. The Morgan fingerprint density at radius 3 is 2.24 bits per heavy atom. The molecule has 1 aromatic heterocycles. The van der Waals surface area contributed by atoms with E-state index in [0.29, 0.717) is 0 Å². The molecule has 0 saturated heterocycles. The van der Waals surface area contributed by atoms with Gasteiger partial charge in [-0.1, -0.05) is 60.2 Å². The van der Waals surface area contributed by atoms with Crippen molar-refractivity contribution in [3.05, 3.63) is 89.6 Å². The van der Waals surface area contributed by atoms with E-state index in [9.17, 15) is 0 Å². The Kier molecular flexibility index (Phi) is 3.85. The van der Waals surface area contributed by atoms with Crippen molar-refractivity contribution < 1.29 is 0 Å². The Balaban J connectivity index is 1.86. The SMILES string of the molecule is Cc1ccc(-c2cc(-c3ccc4ccccc4c3)ncc2C)c(C)c1. The number of benzene rings is 3. The summed E-state index contributed by atoms with van der Waals surface area (Å²) >= 11 is 0. The van der Waals surface area contributed by atoms with E-state index in [1.54, 1.807) is 0 Å². The summed E-state index contributed by atoms with van der Waals surface area (Å²) in [6.07, 6.45) is 1.99. The van der Waals surface area contributed by atoms with Gasteiger partial charge in [0, 0.05) is 11.8 Å². The fourth-order valence-corrected chi connectivity index (χ4v) is 3.44. The third-order valence-corrected chi connectivity index (χ3v) is 4.82. The molecule has 4 rings (SSSR count). The number of pyridine rings is 1. The molecule has 1 nitrogen and oxygen atoms in total. The van der Waals surface area contributed by atoms with Gasteiger partial charge >= 0.3 is 0 Å². The van der Waals surface area contributed by atoms with Crippen LogP contribution < -0.4 is 0 Å². The number of aromatic nitrogens is 1. The predicted molar refractivity (Wildman–Crippen MR) is 107 cm³/mol. The van der Waals surface area contributed by atoms with Gasteiger partial charge in [-0.05, 0) is 65.9 Å². The molecule has 1 heteroatoms. The van der Waals surface area contributed by atoms with E-state index >= 15 is 0 Å². The highest BCUT2D eigenvalue weighted by Crippen LogP contribution is 2.31. The highest BCUT2D eigenvalue weighted by molar-refractivity contribution is 5.87. The van der Waals surface area contributed by atoms with Gasteiger partial charge in [-0.25, -0.2) is 0 Å². The van der Waals surface area contributed by atoms with Crippen molar-refractivity contribution in [1.82, 2.24) is 4.98 Å². The largest absolute Gasteiger partial charge is 0.256 e. The predicted octanol–water partition coefficient (Wildman–Crippen LogP) is 6.49. The molecule has 25 heavy (non-hydrogen) atoms. The van der Waals surface area contributed by atoms with Gasteiger partial charge in [0.05, 0.1) is 5.69 Å². The first-order valence-corrected chi connectivity index (χ1v) is 8.65. The number of fused-ring (bicyclic) bond motifs is 1. The molecule has 3 aromatic carbocycles. The van der Waals surface area contributed by atoms with Gasteiger partial charge in [0.15, 0.2) is 0 Å². The molecule has 0 radical (unpaired) electrons. The average molecular weight is 323 g/mol. The zero-order valence-corrected chi connectivity index (χ0v) is 14.9. The topological polar surface area (TPSA) is 12.9 Å². The number of rotatable bonds is 2. The van der Waals surface area contributed by atoms with Crippen molar-refractivity contribution in [3.63, 3.8) is 0 Å². The zero-order chi connectivity index (χ0) is 17.4. The molecule has 0 bridgehead atoms.